The lowest BCUT2D eigenvalue weighted by Gasteiger charge is -2.11. The van der Waals surface area contributed by atoms with Crippen LogP contribution in [0.25, 0.3) is 0 Å². The molecular formula is C11H15N3OS. The number of thioether (sulfide) groups is 1. The molecule has 4 nitrogen and oxygen atoms in total. The van der Waals surface area contributed by atoms with Gasteiger partial charge in [0.2, 0.25) is 0 Å². The van der Waals surface area contributed by atoms with Crippen molar-refractivity contribution in [3.8, 4) is 0 Å². The predicted octanol–water partition coefficient (Wildman–Crippen LogP) is 2.11. The summed E-state index contributed by atoms with van der Waals surface area (Å²) in [5.41, 5.74) is 6.94. The molecule has 0 amide bonds. The molecule has 2 N–H and O–H groups in total. The Bertz CT molecular complexity index is 463. The van der Waals surface area contributed by atoms with Crippen LogP contribution in [0.15, 0.2) is 34.0 Å². The lowest BCUT2D eigenvalue weighted by molar-refractivity contribution is 0.526. The Balaban J connectivity index is 2.15. The van der Waals surface area contributed by atoms with Crippen LogP contribution < -0.4 is 5.73 Å². The molecule has 0 saturated heterocycles. The second-order valence-electron chi connectivity index (χ2n) is 3.63. The Morgan fingerprint density at radius 3 is 2.94 bits per heavy atom. The summed E-state index contributed by atoms with van der Waals surface area (Å²) in [7, 11) is 1.91. The highest BCUT2D eigenvalue weighted by atomic mass is 32.2. The molecule has 0 bridgehead atoms. The van der Waals surface area contributed by atoms with Gasteiger partial charge in [0.15, 0.2) is 0 Å². The normalized spacial score (nSPS) is 12.9. The molecule has 0 aliphatic rings. The zero-order valence-electron chi connectivity index (χ0n) is 9.38. The minimum atomic E-state index is 0.227. The van der Waals surface area contributed by atoms with Crippen molar-refractivity contribution in [1.29, 1.82) is 0 Å². The molecule has 16 heavy (non-hydrogen) atoms. The molecule has 2 aromatic heterocycles. The van der Waals surface area contributed by atoms with Crippen LogP contribution in [0.3, 0.4) is 0 Å². The molecule has 1 unspecified atom stereocenters. The van der Waals surface area contributed by atoms with Gasteiger partial charge in [0.25, 0.3) is 0 Å². The molecular weight excluding hydrogens is 222 g/mol. The maximum atomic E-state index is 5.79. The van der Waals surface area contributed by atoms with E-state index in [0.29, 0.717) is 6.54 Å². The Kier molecular flexibility index (Phi) is 3.36. The van der Waals surface area contributed by atoms with Gasteiger partial charge in [0, 0.05) is 35.5 Å². The van der Waals surface area contributed by atoms with E-state index in [1.54, 1.807) is 22.7 Å². The SMILES string of the molecule is Cc1occc1SC(CN)c1cnn(C)c1. The van der Waals surface area contributed by atoms with Gasteiger partial charge in [-0.1, -0.05) is 0 Å². The van der Waals surface area contributed by atoms with E-state index < -0.39 is 0 Å². The number of aryl methyl sites for hydroxylation is 2. The van der Waals surface area contributed by atoms with Gasteiger partial charge >= 0.3 is 0 Å². The van der Waals surface area contributed by atoms with Crippen molar-refractivity contribution < 1.29 is 4.42 Å². The minimum Gasteiger partial charge on any atom is -0.468 e. The topological polar surface area (TPSA) is 57.0 Å². The third-order valence-electron chi connectivity index (χ3n) is 2.39. The van der Waals surface area contributed by atoms with Crippen LogP contribution in [0, 0.1) is 6.92 Å². The van der Waals surface area contributed by atoms with Gasteiger partial charge in [-0.2, -0.15) is 5.10 Å². The molecule has 0 aliphatic carbocycles. The quantitative estimate of drug-likeness (QED) is 0.827. The largest absolute Gasteiger partial charge is 0.468 e. The van der Waals surface area contributed by atoms with Gasteiger partial charge in [-0.15, -0.1) is 11.8 Å². The zero-order valence-corrected chi connectivity index (χ0v) is 10.2. The smallest absolute Gasteiger partial charge is 0.114 e. The summed E-state index contributed by atoms with van der Waals surface area (Å²) in [6.45, 7) is 2.54. The molecule has 1 atom stereocenters. The average Bonchev–Trinajstić information content (AvgIpc) is 2.85. The number of aromatic nitrogens is 2. The van der Waals surface area contributed by atoms with Gasteiger partial charge in [0.1, 0.15) is 5.76 Å². The molecule has 0 spiro atoms. The molecule has 0 aliphatic heterocycles. The highest BCUT2D eigenvalue weighted by Gasteiger charge is 2.15. The summed E-state index contributed by atoms with van der Waals surface area (Å²) in [6.07, 6.45) is 5.56. The van der Waals surface area contributed by atoms with Crippen LogP contribution in [-0.4, -0.2) is 16.3 Å². The third kappa shape index (κ3) is 2.31. The monoisotopic (exact) mass is 237 g/mol. The van der Waals surface area contributed by atoms with E-state index in [4.69, 9.17) is 10.2 Å². The molecule has 0 aromatic carbocycles. The maximum absolute atomic E-state index is 5.79. The molecule has 86 valence electrons. The third-order valence-corrected chi connectivity index (χ3v) is 3.82. The van der Waals surface area contributed by atoms with E-state index in [1.807, 2.05) is 32.4 Å². The second-order valence-corrected chi connectivity index (χ2v) is 4.88. The first-order valence-corrected chi connectivity index (χ1v) is 5.98. The summed E-state index contributed by atoms with van der Waals surface area (Å²) < 4.78 is 7.06. The van der Waals surface area contributed by atoms with Crippen molar-refractivity contribution in [2.45, 2.75) is 17.1 Å². The summed E-state index contributed by atoms with van der Waals surface area (Å²) >= 11 is 1.72. The molecule has 0 radical (unpaired) electrons. The van der Waals surface area contributed by atoms with Crippen LogP contribution in [-0.2, 0) is 7.05 Å². The van der Waals surface area contributed by atoms with E-state index in [9.17, 15) is 0 Å². The lowest BCUT2D eigenvalue weighted by atomic mass is 10.2. The van der Waals surface area contributed by atoms with Crippen molar-refractivity contribution in [3.05, 3.63) is 36.0 Å². The van der Waals surface area contributed by atoms with Crippen molar-refractivity contribution >= 4 is 11.8 Å². The first-order chi connectivity index (χ1) is 7.70. The van der Waals surface area contributed by atoms with E-state index in [0.717, 1.165) is 16.2 Å². The van der Waals surface area contributed by atoms with Crippen molar-refractivity contribution in [2.75, 3.05) is 6.54 Å². The van der Waals surface area contributed by atoms with Gasteiger partial charge in [0.05, 0.1) is 12.5 Å². The van der Waals surface area contributed by atoms with E-state index in [-0.39, 0.29) is 5.25 Å². The van der Waals surface area contributed by atoms with Crippen LogP contribution >= 0.6 is 11.8 Å². The van der Waals surface area contributed by atoms with E-state index in [1.165, 1.54) is 0 Å². The first kappa shape index (κ1) is 11.3. The van der Waals surface area contributed by atoms with Gasteiger partial charge in [-0.3, -0.25) is 4.68 Å². The second kappa shape index (κ2) is 4.76. The average molecular weight is 237 g/mol. The van der Waals surface area contributed by atoms with Crippen LogP contribution in [0.4, 0.5) is 0 Å². The standard InChI is InChI=1S/C11H15N3OS/c1-8-10(3-4-15-8)16-11(5-12)9-6-13-14(2)7-9/h3-4,6-7,11H,5,12H2,1-2H3. The highest BCUT2D eigenvalue weighted by Crippen LogP contribution is 2.36. The summed E-state index contributed by atoms with van der Waals surface area (Å²) in [4.78, 5) is 1.14. The fraction of sp³-hybridized carbons (Fsp3) is 0.364. The van der Waals surface area contributed by atoms with Crippen molar-refractivity contribution in [1.82, 2.24) is 9.78 Å². The van der Waals surface area contributed by atoms with Crippen molar-refractivity contribution in [3.63, 3.8) is 0 Å². The lowest BCUT2D eigenvalue weighted by Crippen LogP contribution is -2.08. The zero-order chi connectivity index (χ0) is 11.5. The Hall–Kier alpha value is -1.20. The number of furan rings is 1. The van der Waals surface area contributed by atoms with E-state index in [2.05, 4.69) is 5.10 Å². The predicted molar refractivity (Wildman–Crippen MR) is 64.3 cm³/mol. The van der Waals surface area contributed by atoms with Crippen LogP contribution in [0.1, 0.15) is 16.6 Å². The fourth-order valence-electron chi connectivity index (χ4n) is 1.51. The Morgan fingerprint density at radius 1 is 1.62 bits per heavy atom. The van der Waals surface area contributed by atoms with Gasteiger partial charge < -0.3 is 10.2 Å². The highest BCUT2D eigenvalue weighted by molar-refractivity contribution is 7.99. The van der Waals surface area contributed by atoms with Crippen LogP contribution in [0.5, 0.6) is 0 Å². The van der Waals surface area contributed by atoms with Crippen molar-refractivity contribution in [2.24, 2.45) is 12.8 Å². The molecule has 5 heteroatoms. The van der Waals surface area contributed by atoms with Crippen LogP contribution in [0.2, 0.25) is 0 Å². The Morgan fingerprint density at radius 2 is 2.44 bits per heavy atom. The number of nitrogens with zero attached hydrogens (tertiary/aromatic N) is 2. The van der Waals surface area contributed by atoms with Gasteiger partial charge in [-0.05, 0) is 13.0 Å². The molecule has 2 heterocycles. The summed E-state index contributed by atoms with van der Waals surface area (Å²) in [6, 6.07) is 1.97. The number of rotatable bonds is 4. The van der Waals surface area contributed by atoms with E-state index >= 15 is 0 Å². The number of hydrogen-bond donors (Lipinski definition) is 1. The summed E-state index contributed by atoms with van der Waals surface area (Å²) in [5, 5.41) is 4.39. The maximum Gasteiger partial charge on any atom is 0.114 e. The first-order valence-electron chi connectivity index (χ1n) is 5.10. The Labute approximate surface area is 98.8 Å². The molecule has 2 rings (SSSR count). The molecule has 0 saturated carbocycles. The number of nitrogens with two attached hydrogens (primary N) is 1. The minimum absolute atomic E-state index is 0.227. The molecule has 2 aromatic rings. The molecule has 0 fully saturated rings. The summed E-state index contributed by atoms with van der Waals surface area (Å²) in [5.74, 6) is 0.937. The van der Waals surface area contributed by atoms with Gasteiger partial charge in [-0.25, -0.2) is 0 Å². The fourth-order valence-corrected chi connectivity index (χ4v) is 2.52. The number of hydrogen-bond acceptors (Lipinski definition) is 4.